The predicted molar refractivity (Wildman–Crippen MR) is 36.5 cm³/mol. The van der Waals surface area contributed by atoms with Gasteiger partial charge in [0.15, 0.2) is 0 Å². The Morgan fingerprint density at radius 1 is 1.38 bits per heavy atom. The molecular formula is C8H15. The molecule has 0 N–H and O–H groups in total. The lowest BCUT2D eigenvalue weighted by atomic mass is 9.80. The van der Waals surface area contributed by atoms with Crippen molar-refractivity contribution in [3.05, 3.63) is 6.42 Å². The molecule has 1 fully saturated rings. The predicted octanol–water partition coefficient (Wildman–Crippen LogP) is 2.65. The minimum Gasteiger partial charge on any atom is -0.0625 e. The monoisotopic (exact) mass is 111 g/mol. The first kappa shape index (κ1) is 6.12. The van der Waals surface area contributed by atoms with Crippen LogP contribution in [-0.2, 0) is 0 Å². The fraction of sp³-hybridized carbons (Fsp3) is 0.875. The molecule has 0 aromatic carbocycles. The van der Waals surface area contributed by atoms with Crippen LogP contribution in [-0.4, -0.2) is 0 Å². The van der Waals surface area contributed by atoms with Gasteiger partial charge >= 0.3 is 0 Å². The molecule has 0 aromatic heterocycles. The highest BCUT2D eigenvalue weighted by Crippen LogP contribution is 2.30. The minimum absolute atomic E-state index is 0.806. The molecule has 0 spiro atoms. The summed E-state index contributed by atoms with van der Waals surface area (Å²) in [6.45, 7) is 4.52. The van der Waals surface area contributed by atoms with Gasteiger partial charge in [0.25, 0.3) is 0 Å². The van der Waals surface area contributed by atoms with E-state index in [2.05, 4.69) is 20.3 Å². The van der Waals surface area contributed by atoms with Crippen LogP contribution in [0, 0.1) is 18.3 Å². The topological polar surface area (TPSA) is 0 Å². The average molecular weight is 111 g/mol. The van der Waals surface area contributed by atoms with Crippen molar-refractivity contribution in [3.8, 4) is 0 Å². The molecule has 1 aliphatic carbocycles. The molecule has 47 valence electrons. The summed E-state index contributed by atoms with van der Waals surface area (Å²) < 4.78 is 0. The van der Waals surface area contributed by atoms with Crippen LogP contribution in [0.3, 0.4) is 0 Å². The summed E-state index contributed by atoms with van der Waals surface area (Å²) in [7, 11) is 0. The van der Waals surface area contributed by atoms with E-state index in [0.29, 0.717) is 0 Å². The first-order valence-electron chi connectivity index (χ1n) is 3.64. The summed E-state index contributed by atoms with van der Waals surface area (Å²) in [6.07, 6.45) is 6.85. The maximum absolute atomic E-state index is 2.48. The Balaban J connectivity index is 2.01. The number of hydrogen-bond acceptors (Lipinski definition) is 0. The highest BCUT2D eigenvalue weighted by molar-refractivity contribution is 4.84. The van der Waals surface area contributed by atoms with Gasteiger partial charge < -0.3 is 0 Å². The van der Waals surface area contributed by atoms with Crippen LogP contribution < -0.4 is 0 Å². The van der Waals surface area contributed by atoms with Crippen molar-refractivity contribution in [2.24, 2.45) is 11.8 Å². The van der Waals surface area contributed by atoms with Crippen LogP contribution in [0.5, 0.6) is 0 Å². The molecule has 0 amide bonds. The smallest absolute Gasteiger partial charge is 0.0329 e. The third-order valence-corrected chi connectivity index (χ3v) is 1.81. The lowest BCUT2D eigenvalue weighted by Crippen LogP contribution is -2.13. The van der Waals surface area contributed by atoms with Crippen LogP contribution in [0.2, 0.25) is 0 Å². The Morgan fingerprint density at radius 3 is 2.12 bits per heavy atom. The molecule has 0 atom stereocenters. The second-order valence-corrected chi connectivity index (χ2v) is 3.13. The lowest BCUT2D eigenvalue weighted by Gasteiger charge is -2.26. The van der Waals surface area contributed by atoms with Gasteiger partial charge in [0, 0.05) is 0 Å². The van der Waals surface area contributed by atoms with E-state index in [0.717, 1.165) is 11.8 Å². The summed E-state index contributed by atoms with van der Waals surface area (Å²) in [4.78, 5) is 0. The number of rotatable bonds is 2. The Morgan fingerprint density at radius 2 is 2.00 bits per heavy atom. The van der Waals surface area contributed by atoms with E-state index in [4.69, 9.17) is 0 Å². The summed E-state index contributed by atoms with van der Waals surface area (Å²) in [6, 6.07) is 0. The fourth-order valence-corrected chi connectivity index (χ4v) is 1.18. The van der Waals surface area contributed by atoms with Crippen LogP contribution in [0.1, 0.15) is 33.1 Å². The average Bonchev–Trinajstić information content (AvgIpc) is 1.55. The van der Waals surface area contributed by atoms with Crippen LogP contribution in [0.25, 0.3) is 0 Å². The fourth-order valence-electron chi connectivity index (χ4n) is 1.18. The molecule has 1 rings (SSSR count). The summed E-state index contributed by atoms with van der Waals surface area (Å²) in [5.74, 6) is 1.79. The quantitative estimate of drug-likeness (QED) is 0.514. The molecule has 0 aromatic rings. The van der Waals surface area contributed by atoms with E-state index in [1.807, 2.05) is 0 Å². The van der Waals surface area contributed by atoms with Gasteiger partial charge in [0.1, 0.15) is 0 Å². The van der Waals surface area contributed by atoms with Crippen LogP contribution in [0.4, 0.5) is 0 Å². The van der Waals surface area contributed by atoms with Crippen molar-refractivity contribution in [1.82, 2.24) is 0 Å². The number of hydrogen-bond donors (Lipinski definition) is 0. The molecule has 0 saturated heterocycles. The second kappa shape index (κ2) is 2.52. The summed E-state index contributed by atoms with van der Waals surface area (Å²) >= 11 is 0. The van der Waals surface area contributed by atoms with Crippen LogP contribution >= 0.6 is 0 Å². The third-order valence-electron chi connectivity index (χ3n) is 1.81. The van der Waals surface area contributed by atoms with Gasteiger partial charge in [0.05, 0.1) is 0 Å². The van der Waals surface area contributed by atoms with Crippen molar-refractivity contribution in [2.75, 3.05) is 0 Å². The maximum Gasteiger partial charge on any atom is -0.0329 e. The molecule has 0 bridgehead atoms. The maximum atomic E-state index is 2.48. The normalized spacial score (nSPS) is 21.4. The summed E-state index contributed by atoms with van der Waals surface area (Å²) in [5, 5.41) is 0. The standard InChI is InChI=1S/C8H15/c1-7(2)6-8-4-3-5-8/h6-8H,3-5H2,1-2H3. The first-order valence-corrected chi connectivity index (χ1v) is 3.64. The molecule has 0 unspecified atom stereocenters. The van der Waals surface area contributed by atoms with Crippen LogP contribution in [0.15, 0.2) is 0 Å². The van der Waals surface area contributed by atoms with Gasteiger partial charge in [0.2, 0.25) is 0 Å². The van der Waals surface area contributed by atoms with Crippen molar-refractivity contribution >= 4 is 0 Å². The molecule has 1 saturated carbocycles. The van der Waals surface area contributed by atoms with Gasteiger partial charge in [-0.15, -0.1) is 0 Å². The lowest BCUT2D eigenvalue weighted by molar-refractivity contribution is 0.338. The molecule has 0 aliphatic heterocycles. The minimum atomic E-state index is 0.806. The molecule has 0 nitrogen and oxygen atoms in total. The van der Waals surface area contributed by atoms with E-state index in [1.54, 1.807) is 0 Å². The van der Waals surface area contributed by atoms with Crippen molar-refractivity contribution in [2.45, 2.75) is 33.1 Å². The zero-order valence-corrected chi connectivity index (χ0v) is 5.85. The van der Waals surface area contributed by atoms with Gasteiger partial charge in [-0.1, -0.05) is 33.1 Å². The van der Waals surface area contributed by atoms with Gasteiger partial charge in [-0.25, -0.2) is 0 Å². The zero-order chi connectivity index (χ0) is 5.98. The van der Waals surface area contributed by atoms with E-state index < -0.39 is 0 Å². The Labute approximate surface area is 52.3 Å². The summed E-state index contributed by atoms with van der Waals surface area (Å²) in [5.41, 5.74) is 0. The highest BCUT2D eigenvalue weighted by Gasteiger charge is 2.17. The van der Waals surface area contributed by atoms with Crippen molar-refractivity contribution in [3.63, 3.8) is 0 Å². The van der Waals surface area contributed by atoms with E-state index in [9.17, 15) is 0 Å². The Kier molecular flexibility index (Phi) is 1.93. The second-order valence-electron chi connectivity index (χ2n) is 3.13. The SMILES string of the molecule is CC(C)[CH]C1CCC1. The van der Waals surface area contributed by atoms with Gasteiger partial charge in [-0.05, 0) is 18.3 Å². The van der Waals surface area contributed by atoms with E-state index >= 15 is 0 Å². The molecule has 0 heterocycles. The molecular weight excluding hydrogens is 96.1 g/mol. The van der Waals surface area contributed by atoms with Crippen molar-refractivity contribution in [1.29, 1.82) is 0 Å². The zero-order valence-electron chi connectivity index (χ0n) is 5.85. The molecule has 8 heavy (non-hydrogen) atoms. The Bertz CT molecular complexity index is 60.4. The highest BCUT2D eigenvalue weighted by atomic mass is 14.2. The molecule has 0 heteroatoms. The third kappa shape index (κ3) is 1.50. The van der Waals surface area contributed by atoms with Crippen molar-refractivity contribution < 1.29 is 0 Å². The first-order chi connectivity index (χ1) is 3.79. The van der Waals surface area contributed by atoms with E-state index in [1.165, 1.54) is 19.3 Å². The molecule has 1 aliphatic rings. The largest absolute Gasteiger partial charge is 0.0625 e. The van der Waals surface area contributed by atoms with E-state index in [-0.39, 0.29) is 0 Å². The Hall–Kier alpha value is 0. The van der Waals surface area contributed by atoms with Gasteiger partial charge in [-0.2, -0.15) is 0 Å². The van der Waals surface area contributed by atoms with Gasteiger partial charge in [-0.3, -0.25) is 0 Å². The molecule has 1 radical (unpaired) electrons.